The van der Waals surface area contributed by atoms with Crippen LogP contribution in [0.25, 0.3) is 11.3 Å². The van der Waals surface area contributed by atoms with Crippen LogP contribution in [0.2, 0.25) is 5.02 Å². The van der Waals surface area contributed by atoms with Crippen LogP contribution in [0.15, 0.2) is 30.5 Å². The number of anilines is 2. The molecule has 2 fully saturated rings. The molecule has 6 nitrogen and oxygen atoms in total. The zero-order chi connectivity index (χ0) is 21.0. The third-order valence-corrected chi connectivity index (χ3v) is 5.98. The number of nitrogens with one attached hydrogen (secondary N) is 2. The van der Waals surface area contributed by atoms with Gasteiger partial charge in [0.15, 0.2) is 0 Å². The Labute approximate surface area is 183 Å². The standard InChI is InChI=1S/C23H31ClN4O2/c1-23(2)15-29-17(14-30-23)12-25-21-10-6-9-20(28-21)18-11-22(26-13-19(18)24)27-16-7-4-3-5-8-16/h6,9-11,13,16-17H,3-5,7-8,12,14-15H2,1-2H3,(H,25,28)(H,26,27). The predicted molar refractivity (Wildman–Crippen MR) is 121 cm³/mol. The molecule has 7 heteroatoms. The van der Waals surface area contributed by atoms with Crippen molar-refractivity contribution in [2.45, 2.75) is 63.7 Å². The Morgan fingerprint density at radius 3 is 2.77 bits per heavy atom. The van der Waals surface area contributed by atoms with Crippen molar-refractivity contribution in [1.29, 1.82) is 0 Å². The van der Waals surface area contributed by atoms with Gasteiger partial charge in [0.2, 0.25) is 0 Å². The molecule has 1 atom stereocenters. The van der Waals surface area contributed by atoms with E-state index in [9.17, 15) is 0 Å². The minimum Gasteiger partial charge on any atom is -0.371 e. The average molecular weight is 431 g/mol. The lowest BCUT2D eigenvalue weighted by atomic mass is 9.95. The van der Waals surface area contributed by atoms with Crippen LogP contribution in [0.4, 0.5) is 11.6 Å². The van der Waals surface area contributed by atoms with E-state index >= 15 is 0 Å². The molecule has 0 bridgehead atoms. The van der Waals surface area contributed by atoms with E-state index in [1.807, 2.05) is 38.1 Å². The van der Waals surface area contributed by atoms with E-state index in [1.165, 1.54) is 32.1 Å². The number of ether oxygens (including phenoxy) is 2. The SMILES string of the molecule is CC1(C)COC(CNc2cccc(-c3cc(NC4CCCCC4)ncc3Cl)n2)CO1. The average Bonchev–Trinajstić information content (AvgIpc) is 2.75. The van der Waals surface area contributed by atoms with Gasteiger partial charge in [-0.05, 0) is 44.9 Å². The Bertz CT molecular complexity index is 845. The Hall–Kier alpha value is -1.89. The van der Waals surface area contributed by atoms with Gasteiger partial charge in [-0.1, -0.05) is 36.9 Å². The van der Waals surface area contributed by atoms with Gasteiger partial charge in [-0.15, -0.1) is 0 Å². The molecule has 3 heterocycles. The smallest absolute Gasteiger partial charge is 0.126 e. The fourth-order valence-electron chi connectivity index (χ4n) is 3.92. The number of rotatable bonds is 6. The number of nitrogens with zero attached hydrogens (tertiary/aromatic N) is 2. The van der Waals surface area contributed by atoms with Gasteiger partial charge in [0, 0.05) is 24.3 Å². The molecule has 2 aromatic heterocycles. The molecule has 0 aromatic carbocycles. The number of halogens is 1. The minimum absolute atomic E-state index is 0.0132. The number of aromatic nitrogens is 2. The summed E-state index contributed by atoms with van der Waals surface area (Å²) in [7, 11) is 0. The predicted octanol–water partition coefficient (Wildman–Crippen LogP) is 5.15. The zero-order valence-corrected chi connectivity index (χ0v) is 18.5. The van der Waals surface area contributed by atoms with E-state index in [4.69, 9.17) is 26.1 Å². The van der Waals surface area contributed by atoms with E-state index in [0.717, 1.165) is 22.9 Å². The van der Waals surface area contributed by atoms with Gasteiger partial charge in [0.05, 0.1) is 35.6 Å². The maximum Gasteiger partial charge on any atom is 0.126 e. The summed E-state index contributed by atoms with van der Waals surface area (Å²) in [4.78, 5) is 9.23. The molecule has 30 heavy (non-hydrogen) atoms. The molecule has 1 aliphatic heterocycles. The van der Waals surface area contributed by atoms with Crippen LogP contribution in [0.5, 0.6) is 0 Å². The second-order valence-corrected chi connectivity index (χ2v) is 9.23. The van der Waals surface area contributed by atoms with Crippen LogP contribution < -0.4 is 10.6 Å². The molecule has 1 aliphatic carbocycles. The van der Waals surface area contributed by atoms with Crippen LogP contribution in [0, 0.1) is 0 Å². The topological polar surface area (TPSA) is 68.3 Å². The summed E-state index contributed by atoms with van der Waals surface area (Å²) < 4.78 is 11.7. The fraction of sp³-hybridized carbons (Fsp3) is 0.565. The van der Waals surface area contributed by atoms with Crippen molar-refractivity contribution in [3.05, 3.63) is 35.5 Å². The van der Waals surface area contributed by atoms with Crippen molar-refractivity contribution in [2.24, 2.45) is 0 Å². The first-order chi connectivity index (χ1) is 14.5. The Kier molecular flexibility index (Phi) is 6.76. The Balaban J connectivity index is 1.42. The molecule has 0 radical (unpaired) electrons. The third-order valence-electron chi connectivity index (χ3n) is 5.68. The van der Waals surface area contributed by atoms with Crippen molar-refractivity contribution >= 4 is 23.2 Å². The van der Waals surface area contributed by atoms with Crippen molar-refractivity contribution < 1.29 is 9.47 Å². The molecule has 0 amide bonds. The van der Waals surface area contributed by atoms with Crippen LogP contribution in [-0.2, 0) is 9.47 Å². The van der Waals surface area contributed by atoms with Crippen molar-refractivity contribution in [3.63, 3.8) is 0 Å². The molecule has 1 saturated carbocycles. The summed E-state index contributed by atoms with van der Waals surface area (Å²) in [5.41, 5.74) is 1.49. The maximum absolute atomic E-state index is 6.46. The highest BCUT2D eigenvalue weighted by Gasteiger charge is 2.28. The van der Waals surface area contributed by atoms with Gasteiger partial charge in [-0.3, -0.25) is 0 Å². The summed E-state index contributed by atoms with van der Waals surface area (Å²) in [5.74, 6) is 1.65. The van der Waals surface area contributed by atoms with E-state index in [2.05, 4.69) is 15.6 Å². The zero-order valence-electron chi connectivity index (χ0n) is 17.8. The molecule has 2 aliphatic rings. The Morgan fingerprint density at radius 1 is 1.17 bits per heavy atom. The summed E-state index contributed by atoms with van der Waals surface area (Å²) >= 11 is 6.46. The highest BCUT2D eigenvalue weighted by atomic mass is 35.5. The molecular weight excluding hydrogens is 400 g/mol. The molecule has 0 spiro atoms. The van der Waals surface area contributed by atoms with Crippen LogP contribution in [0.3, 0.4) is 0 Å². The molecule has 1 unspecified atom stereocenters. The normalized spacial score (nSPS) is 21.9. The lowest BCUT2D eigenvalue weighted by Crippen LogP contribution is -2.44. The van der Waals surface area contributed by atoms with Crippen LogP contribution in [-0.4, -0.2) is 47.5 Å². The lowest BCUT2D eigenvalue weighted by Gasteiger charge is -2.35. The molecule has 162 valence electrons. The summed E-state index contributed by atoms with van der Waals surface area (Å²) in [6.07, 6.45) is 8.00. The minimum atomic E-state index is -0.212. The maximum atomic E-state index is 6.46. The van der Waals surface area contributed by atoms with Gasteiger partial charge in [0.1, 0.15) is 11.6 Å². The molecule has 2 aromatic rings. The third kappa shape index (κ3) is 5.62. The highest BCUT2D eigenvalue weighted by molar-refractivity contribution is 6.33. The first-order valence-electron chi connectivity index (χ1n) is 10.9. The lowest BCUT2D eigenvalue weighted by molar-refractivity contribution is -0.170. The largest absolute Gasteiger partial charge is 0.371 e. The Morgan fingerprint density at radius 2 is 2.00 bits per heavy atom. The van der Waals surface area contributed by atoms with Crippen molar-refractivity contribution in [1.82, 2.24) is 9.97 Å². The van der Waals surface area contributed by atoms with Crippen LogP contribution in [0.1, 0.15) is 46.0 Å². The van der Waals surface area contributed by atoms with E-state index in [-0.39, 0.29) is 11.7 Å². The molecular formula is C23H31ClN4O2. The van der Waals surface area contributed by atoms with Crippen molar-refractivity contribution in [3.8, 4) is 11.3 Å². The van der Waals surface area contributed by atoms with Gasteiger partial charge in [-0.2, -0.15) is 0 Å². The second-order valence-electron chi connectivity index (χ2n) is 8.82. The van der Waals surface area contributed by atoms with E-state index in [0.29, 0.717) is 30.8 Å². The summed E-state index contributed by atoms with van der Waals surface area (Å²) in [6, 6.07) is 8.40. The molecule has 1 saturated heterocycles. The number of hydrogen-bond donors (Lipinski definition) is 2. The first kappa shape index (κ1) is 21.3. The fourth-order valence-corrected chi connectivity index (χ4v) is 4.12. The second kappa shape index (κ2) is 9.50. The monoisotopic (exact) mass is 430 g/mol. The van der Waals surface area contributed by atoms with Gasteiger partial charge >= 0.3 is 0 Å². The van der Waals surface area contributed by atoms with Gasteiger partial charge in [0.25, 0.3) is 0 Å². The van der Waals surface area contributed by atoms with Gasteiger partial charge in [-0.25, -0.2) is 9.97 Å². The molecule has 2 N–H and O–H groups in total. The number of hydrogen-bond acceptors (Lipinski definition) is 6. The molecule has 4 rings (SSSR count). The quantitative estimate of drug-likeness (QED) is 0.660. The van der Waals surface area contributed by atoms with E-state index < -0.39 is 0 Å². The number of pyridine rings is 2. The highest BCUT2D eigenvalue weighted by Crippen LogP contribution is 2.30. The van der Waals surface area contributed by atoms with Gasteiger partial charge < -0.3 is 20.1 Å². The summed E-state index contributed by atoms with van der Waals surface area (Å²) in [5, 5.41) is 7.52. The van der Waals surface area contributed by atoms with Crippen molar-refractivity contribution in [2.75, 3.05) is 30.4 Å². The summed E-state index contributed by atoms with van der Waals surface area (Å²) in [6.45, 7) is 5.89. The van der Waals surface area contributed by atoms with E-state index in [1.54, 1.807) is 6.20 Å². The van der Waals surface area contributed by atoms with Crippen LogP contribution >= 0.6 is 11.6 Å². The first-order valence-corrected chi connectivity index (χ1v) is 11.3.